The maximum Gasteiger partial charge on any atom is 0.522 e. The summed E-state index contributed by atoms with van der Waals surface area (Å²) in [6.45, 7) is 0.576. The van der Waals surface area contributed by atoms with Crippen molar-refractivity contribution in [1.82, 2.24) is 24.5 Å². The van der Waals surface area contributed by atoms with E-state index in [1.54, 1.807) is 6.92 Å². The van der Waals surface area contributed by atoms with Crippen molar-refractivity contribution in [2.75, 3.05) is 11.9 Å². The number of carbonyl (C=O) groups is 1. The fraction of sp³-hybridized carbons (Fsp3) is 0.280. The molecule has 0 spiro atoms. The largest absolute Gasteiger partial charge is 0.522 e. The number of ether oxygens (including phenoxy) is 1. The van der Waals surface area contributed by atoms with Gasteiger partial charge in [-0.15, -0.1) is 13.2 Å². The lowest BCUT2D eigenvalue weighted by Gasteiger charge is -2.26. The molecule has 0 aliphatic heterocycles. The quantitative estimate of drug-likeness (QED) is 0.285. The Morgan fingerprint density at radius 3 is 2.73 bits per heavy atom. The lowest BCUT2D eigenvalue weighted by molar-refractivity contribution is -0.325. The van der Waals surface area contributed by atoms with Crippen molar-refractivity contribution in [3.05, 3.63) is 87.4 Å². The first kappa shape index (κ1) is 29.0. The van der Waals surface area contributed by atoms with Crippen molar-refractivity contribution < 1.29 is 36.7 Å². The second-order valence-corrected chi connectivity index (χ2v) is 8.84. The molecule has 41 heavy (non-hydrogen) atoms. The highest BCUT2D eigenvalue weighted by atomic mass is 19.4. The third kappa shape index (κ3) is 6.41. The van der Waals surface area contributed by atoms with Crippen LogP contribution in [0.25, 0.3) is 0 Å². The van der Waals surface area contributed by atoms with Crippen molar-refractivity contribution in [3.63, 3.8) is 0 Å². The van der Waals surface area contributed by atoms with Gasteiger partial charge in [0.2, 0.25) is 5.75 Å². The Morgan fingerprint density at radius 1 is 1.32 bits per heavy atom. The van der Waals surface area contributed by atoms with E-state index in [0.717, 1.165) is 23.0 Å². The fourth-order valence-corrected chi connectivity index (χ4v) is 4.33. The Labute approximate surface area is 228 Å². The molecule has 16 heteroatoms. The van der Waals surface area contributed by atoms with Crippen LogP contribution in [0.4, 0.5) is 23.2 Å². The molecule has 3 aromatic heterocycles. The van der Waals surface area contributed by atoms with Gasteiger partial charge in [-0.2, -0.15) is 10.4 Å². The Bertz CT molecular complexity index is 1660. The lowest BCUT2D eigenvalue weighted by Crippen LogP contribution is -2.29. The molecular formula is C25H21F4N7O5. The maximum atomic E-state index is 14.4. The highest BCUT2D eigenvalue weighted by Crippen LogP contribution is 2.39. The van der Waals surface area contributed by atoms with E-state index in [9.17, 15) is 37.5 Å². The first-order chi connectivity index (χ1) is 19.4. The summed E-state index contributed by atoms with van der Waals surface area (Å²) in [5.74, 6) is -4.41. The molecule has 214 valence electrons. The Hall–Kier alpha value is -5.04. The summed E-state index contributed by atoms with van der Waals surface area (Å²) in [6.07, 6.45) is 0.175. The highest BCUT2D eigenvalue weighted by Gasteiger charge is 2.32. The van der Waals surface area contributed by atoms with E-state index < -0.39 is 53.5 Å². The standard InChI is InChI=1S/C25H21F4N7O5/c1-13(22-34-20(21(37)24(39)35(22)2)23(38)33-17-10-32-41-12-17)19(18-7-16(26)4-3-14(18)8-30)15-9-31-36(11-15)5-6-40-25(27,28)29/h3-4,7,9-13,19,37H,5-6H2,1-2H3,(H,33,38)/t13-,19-/m0/s1. The number of aromatic nitrogens is 5. The molecule has 12 nitrogen and oxygen atoms in total. The summed E-state index contributed by atoms with van der Waals surface area (Å²) in [4.78, 5) is 30.0. The Morgan fingerprint density at radius 2 is 2.07 bits per heavy atom. The molecular weight excluding hydrogens is 554 g/mol. The minimum atomic E-state index is -4.83. The molecule has 2 atom stereocenters. The summed E-state index contributed by atoms with van der Waals surface area (Å²) < 4.78 is 62.3. The summed E-state index contributed by atoms with van der Waals surface area (Å²) in [5.41, 5.74) is -0.867. The van der Waals surface area contributed by atoms with E-state index in [0.29, 0.717) is 5.56 Å². The van der Waals surface area contributed by atoms with Gasteiger partial charge in [0.05, 0.1) is 37.2 Å². The summed E-state index contributed by atoms with van der Waals surface area (Å²) in [7, 11) is 1.30. The number of nitrogens with one attached hydrogen (secondary N) is 1. The van der Waals surface area contributed by atoms with Crippen LogP contribution in [0.15, 0.2) is 52.4 Å². The number of rotatable bonds is 9. The van der Waals surface area contributed by atoms with Crippen molar-refractivity contribution >= 4 is 11.6 Å². The molecule has 0 aliphatic rings. The topological polar surface area (TPSA) is 161 Å². The zero-order valence-corrected chi connectivity index (χ0v) is 21.4. The number of halogens is 4. The van der Waals surface area contributed by atoms with Crippen LogP contribution in [-0.2, 0) is 18.3 Å². The van der Waals surface area contributed by atoms with E-state index in [-0.39, 0.29) is 29.2 Å². The first-order valence-corrected chi connectivity index (χ1v) is 11.8. The minimum absolute atomic E-state index is 0.0328. The molecule has 0 unspecified atom stereocenters. The average Bonchev–Trinajstić information content (AvgIpc) is 3.59. The smallest absolute Gasteiger partial charge is 0.501 e. The zero-order chi connectivity index (χ0) is 29.9. The summed E-state index contributed by atoms with van der Waals surface area (Å²) >= 11 is 0. The second-order valence-electron chi connectivity index (χ2n) is 8.84. The molecule has 0 saturated carbocycles. The number of alkyl halides is 3. The van der Waals surface area contributed by atoms with Gasteiger partial charge in [-0.05, 0) is 29.3 Å². The minimum Gasteiger partial charge on any atom is -0.501 e. The maximum absolute atomic E-state index is 14.4. The molecule has 0 aliphatic carbocycles. The van der Waals surface area contributed by atoms with Crippen LogP contribution < -0.4 is 10.9 Å². The van der Waals surface area contributed by atoms with Gasteiger partial charge in [-0.3, -0.25) is 23.6 Å². The molecule has 2 N–H and O–H groups in total. The highest BCUT2D eigenvalue weighted by molar-refractivity contribution is 6.04. The molecule has 4 rings (SSSR count). The van der Waals surface area contributed by atoms with Crippen LogP contribution in [0.5, 0.6) is 5.75 Å². The number of nitriles is 1. The predicted molar refractivity (Wildman–Crippen MR) is 131 cm³/mol. The van der Waals surface area contributed by atoms with Crippen LogP contribution in [0.1, 0.15) is 51.8 Å². The Kier molecular flexibility index (Phi) is 8.19. The van der Waals surface area contributed by atoms with Gasteiger partial charge < -0.3 is 14.9 Å². The monoisotopic (exact) mass is 575 g/mol. The van der Waals surface area contributed by atoms with E-state index in [1.807, 2.05) is 6.07 Å². The van der Waals surface area contributed by atoms with Crippen LogP contribution >= 0.6 is 0 Å². The number of hydrogen-bond donors (Lipinski definition) is 2. The predicted octanol–water partition coefficient (Wildman–Crippen LogP) is 3.41. The number of benzene rings is 1. The molecule has 4 aromatic rings. The Balaban J connectivity index is 1.80. The number of amides is 1. The first-order valence-electron chi connectivity index (χ1n) is 11.8. The van der Waals surface area contributed by atoms with Gasteiger partial charge >= 0.3 is 6.36 Å². The van der Waals surface area contributed by atoms with Crippen molar-refractivity contribution in [3.8, 4) is 11.8 Å². The number of nitrogens with zero attached hydrogens (tertiary/aromatic N) is 6. The van der Waals surface area contributed by atoms with Gasteiger partial charge in [-0.1, -0.05) is 12.1 Å². The average molecular weight is 575 g/mol. The summed E-state index contributed by atoms with van der Waals surface area (Å²) in [6, 6.07) is 5.44. The fourth-order valence-electron chi connectivity index (χ4n) is 4.33. The van der Waals surface area contributed by atoms with Crippen LogP contribution in [0, 0.1) is 17.1 Å². The van der Waals surface area contributed by atoms with Crippen LogP contribution in [0.2, 0.25) is 0 Å². The zero-order valence-electron chi connectivity index (χ0n) is 21.4. The third-order valence-electron chi connectivity index (χ3n) is 6.18. The normalized spacial score (nSPS) is 13.0. The number of anilines is 1. The lowest BCUT2D eigenvalue weighted by atomic mass is 9.80. The van der Waals surface area contributed by atoms with E-state index >= 15 is 0 Å². The van der Waals surface area contributed by atoms with Crippen LogP contribution in [0.3, 0.4) is 0 Å². The SMILES string of the molecule is C[C@H](c1nc(C(=O)Nc2cnoc2)c(O)c(=O)n1C)[C@@H](c1cnn(CCOC(F)(F)F)c1)c1cc(F)ccc1C#N. The van der Waals surface area contributed by atoms with E-state index in [2.05, 4.69) is 29.8 Å². The molecule has 0 radical (unpaired) electrons. The van der Waals surface area contributed by atoms with Crippen LogP contribution in [-0.4, -0.2) is 48.5 Å². The molecule has 1 amide bonds. The van der Waals surface area contributed by atoms with Gasteiger partial charge in [0.1, 0.15) is 23.6 Å². The number of aromatic hydroxyl groups is 1. The number of hydrogen-bond acceptors (Lipinski definition) is 9. The molecule has 3 heterocycles. The second kappa shape index (κ2) is 11.6. The number of carbonyl (C=O) groups excluding carboxylic acids is 1. The van der Waals surface area contributed by atoms with E-state index in [4.69, 9.17) is 0 Å². The molecule has 0 fully saturated rings. The van der Waals surface area contributed by atoms with Gasteiger partial charge in [0.25, 0.3) is 11.5 Å². The van der Waals surface area contributed by atoms with Gasteiger partial charge in [0, 0.05) is 25.1 Å². The van der Waals surface area contributed by atoms with Crippen molar-refractivity contribution in [2.45, 2.75) is 31.7 Å². The van der Waals surface area contributed by atoms with E-state index in [1.165, 1.54) is 36.4 Å². The third-order valence-corrected chi connectivity index (χ3v) is 6.18. The van der Waals surface area contributed by atoms with Gasteiger partial charge in [0.15, 0.2) is 5.69 Å². The molecule has 0 bridgehead atoms. The molecule has 0 saturated heterocycles. The summed E-state index contributed by atoms with van der Waals surface area (Å²) in [5, 5.41) is 30.1. The molecule has 1 aromatic carbocycles. The van der Waals surface area contributed by atoms with Crippen molar-refractivity contribution in [2.24, 2.45) is 7.05 Å². The van der Waals surface area contributed by atoms with Crippen molar-refractivity contribution in [1.29, 1.82) is 5.26 Å². The van der Waals surface area contributed by atoms with Gasteiger partial charge in [-0.25, -0.2) is 9.37 Å².